The van der Waals surface area contributed by atoms with Gasteiger partial charge in [-0.1, -0.05) is 28.1 Å². The summed E-state index contributed by atoms with van der Waals surface area (Å²) in [5.74, 6) is 0.909. The highest BCUT2D eigenvalue weighted by Crippen LogP contribution is 2.43. The van der Waals surface area contributed by atoms with Crippen LogP contribution in [0.5, 0.6) is 0 Å². The minimum atomic E-state index is 0.219. The summed E-state index contributed by atoms with van der Waals surface area (Å²) < 4.78 is 1.10. The fourth-order valence-corrected chi connectivity index (χ4v) is 3.10. The molecule has 1 saturated heterocycles. The zero-order chi connectivity index (χ0) is 10.4. The highest BCUT2D eigenvalue weighted by atomic mass is 79.9. The second-order valence-electron chi connectivity index (χ2n) is 4.44. The number of carbonyl (C=O) groups excluding carboxylic acids is 1. The van der Waals surface area contributed by atoms with Crippen LogP contribution >= 0.6 is 15.9 Å². The summed E-state index contributed by atoms with van der Waals surface area (Å²) in [4.78, 5) is 11.6. The molecule has 3 rings (SSSR count). The average molecular weight is 266 g/mol. The number of rotatable bonds is 1. The normalized spacial score (nSPS) is 33.1. The topological polar surface area (TPSA) is 29.1 Å². The summed E-state index contributed by atoms with van der Waals surface area (Å²) in [5.41, 5.74) is 1.31. The van der Waals surface area contributed by atoms with Gasteiger partial charge in [0.1, 0.15) is 0 Å². The number of piperidine rings is 1. The first-order chi connectivity index (χ1) is 7.24. The Morgan fingerprint density at radius 1 is 1.13 bits per heavy atom. The highest BCUT2D eigenvalue weighted by Gasteiger charge is 2.45. The van der Waals surface area contributed by atoms with E-state index in [0.717, 1.165) is 17.3 Å². The van der Waals surface area contributed by atoms with Gasteiger partial charge in [0.2, 0.25) is 5.91 Å². The minimum Gasteiger partial charge on any atom is -0.353 e. The number of fused-ring (bicyclic) bond motifs is 2. The lowest BCUT2D eigenvalue weighted by molar-refractivity contribution is -0.124. The number of hydrogen-bond donors (Lipinski definition) is 1. The van der Waals surface area contributed by atoms with E-state index in [1.54, 1.807) is 0 Å². The smallest absolute Gasteiger partial charge is 0.224 e. The van der Waals surface area contributed by atoms with Crippen LogP contribution in [0.2, 0.25) is 0 Å². The number of amides is 1. The first-order valence-electron chi connectivity index (χ1n) is 5.30. The lowest BCUT2D eigenvalue weighted by Gasteiger charge is -2.21. The molecule has 3 atom stereocenters. The fourth-order valence-electron chi connectivity index (χ4n) is 2.83. The van der Waals surface area contributed by atoms with Gasteiger partial charge in [-0.2, -0.15) is 0 Å². The zero-order valence-corrected chi connectivity index (χ0v) is 9.83. The van der Waals surface area contributed by atoms with Gasteiger partial charge in [-0.15, -0.1) is 0 Å². The molecule has 2 bridgehead atoms. The molecule has 1 amide bonds. The van der Waals surface area contributed by atoms with Crippen molar-refractivity contribution >= 4 is 21.8 Å². The second kappa shape index (κ2) is 3.34. The summed E-state index contributed by atoms with van der Waals surface area (Å²) in [6.07, 6.45) is 2.14. The Balaban J connectivity index is 1.90. The number of halogens is 1. The van der Waals surface area contributed by atoms with Crippen molar-refractivity contribution in [2.24, 2.45) is 5.92 Å². The summed E-state index contributed by atoms with van der Waals surface area (Å²) in [6, 6.07) is 8.79. The first kappa shape index (κ1) is 9.40. The van der Waals surface area contributed by atoms with Crippen LogP contribution in [0.3, 0.4) is 0 Å². The Morgan fingerprint density at radius 3 is 2.40 bits per heavy atom. The molecule has 1 aliphatic carbocycles. The number of carbonyl (C=O) groups is 1. The van der Waals surface area contributed by atoms with Gasteiger partial charge in [-0.3, -0.25) is 4.79 Å². The van der Waals surface area contributed by atoms with Crippen molar-refractivity contribution in [2.45, 2.75) is 24.8 Å². The quantitative estimate of drug-likeness (QED) is 0.831. The molecule has 1 heterocycles. The zero-order valence-electron chi connectivity index (χ0n) is 8.24. The first-order valence-corrected chi connectivity index (χ1v) is 6.09. The fraction of sp³-hybridized carbons (Fsp3) is 0.417. The van der Waals surface area contributed by atoms with Gasteiger partial charge in [0.05, 0.1) is 0 Å². The van der Waals surface area contributed by atoms with Crippen molar-refractivity contribution in [3.8, 4) is 0 Å². The molecule has 0 unspecified atom stereocenters. The van der Waals surface area contributed by atoms with Crippen molar-refractivity contribution in [1.82, 2.24) is 5.32 Å². The third-order valence-corrected chi connectivity index (χ3v) is 4.07. The van der Waals surface area contributed by atoms with E-state index in [2.05, 4.69) is 45.5 Å². The van der Waals surface area contributed by atoms with Crippen LogP contribution in [0.1, 0.15) is 24.3 Å². The van der Waals surface area contributed by atoms with Gasteiger partial charge >= 0.3 is 0 Å². The van der Waals surface area contributed by atoms with E-state index in [4.69, 9.17) is 0 Å². The van der Waals surface area contributed by atoms with Crippen molar-refractivity contribution in [3.05, 3.63) is 34.3 Å². The van der Waals surface area contributed by atoms with Crippen molar-refractivity contribution in [2.75, 3.05) is 0 Å². The van der Waals surface area contributed by atoms with Crippen molar-refractivity contribution in [1.29, 1.82) is 0 Å². The highest BCUT2D eigenvalue weighted by molar-refractivity contribution is 9.10. The standard InChI is InChI=1S/C12H12BrNO/c13-8-3-1-7(2-4-8)10-5-9-6-11(10)12(15)14-9/h1-4,9-11H,5-6H2,(H,14,15)/t9-,10+,11-/m0/s1. The monoisotopic (exact) mass is 265 g/mol. The van der Waals surface area contributed by atoms with E-state index in [9.17, 15) is 4.79 Å². The van der Waals surface area contributed by atoms with E-state index in [1.165, 1.54) is 5.56 Å². The Labute approximate surface area is 97.2 Å². The van der Waals surface area contributed by atoms with Crippen LogP contribution in [-0.4, -0.2) is 11.9 Å². The van der Waals surface area contributed by atoms with Gasteiger partial charge in [0.15, 0.2) is 0 Å². The average Bonchev–Trinajstić information content (AvgIpc) is 2.77. The Morgan fingerprint density at radius 2 is 1.80 bits per heavy atom. The summed E-state index contributed by atoms with van der Waals surface area (Å²) >= 11 is 3.43. The van der Waals surface area contributed by atoms with E-state index in [-0.39, 0.29) is 11.8 Å². The second-order valence-corrected chi connectivity index (χ2v) is 5.36. The third-order valence-electron chi connectivity index (χ3n) is 3.54. The van der Waals surface area contributed by atoms with E-state index < -0.39 is 0 Å². The maximum Gasteiger partial charge on any atom is 0.224 e. The van der Waals surface area contributed by atoms with Crippen LogP contribution in [-0.2, 0) is 4.79 Å². The minimum absolute atomic E-state index is 0.219. The molecule has 2 nitrogen and oxygen atoms in total. The lowest BCUT2D eigenvalue weighted by atomic mass is 9.88. The molecule has 3 heteroatoms. The molecule has 1 saturated carbocycles. The molecule has 1 aromatic rings. The summed E-state index contributed by atoms with van der Waals surface area (Å²) in [7, 11) is 0. The molecule has 78 valence electrons. The van der Waals surface area contributed by atoms with Crippen LogP contribution < -0.4 is 5.32 Å². The molecule has 2 aliphatic rings. The predicted octanol–water partition coefficient (Wildman–Crippen LogP) is 2.44. The molecule has 2 fully saturated rings. The SMILES string of the molecule is O=C1N[C@@H]2C[C@H]1[C@@H](c1ccc(Br)cc1)C2. The maximum atomic E-state index is 11.6. The van der Waals surface area contributed by atoms with E-state index in [0.29, 0.717) is 12.0 Å². The molecule has 1 aromatic carbocycles. The van der Waals surface area contributed by atoms with Gasteiger partial charge in [0.25, 0.3) is 0 Å². The number of benzene rings is 1. The molecular weight excluding hydrogens is 254 g/mol. The largest absolute Gasteiger partial charge is 0.353 e. The van der Waals surface area contributed by atoms with Gasteiger partial charge in [-0.05, 0) is 36.5 Å². The van der Waals surface area contributed by atoms with Crippen LogP contribution in [0, 0.1) is 5.92 Å². The molecule has 0 spiro atoms. The van der Waals surface area contributed by atoms with Gasteiger partial charge in [-0.25, -0.2) is 0 Å². The Hall–Kier alpha value is -0.830. The number of nitrogens with one attached hydrogen (secondary N) is 1. The van der Waals surface area contributed by atoms with Crippen LogP contribution in [0.25, 0.3) is 0 Å². The summed E-state index contributed by atoms with van der Waals surface area (Å²) in [6.45, 7) is 0. The van der Waals surface area contributed by atoms with E-state index >= 15 is 0 Å². The third kappa shape index (κ3) is 1.49. The molecular formula is C12H12BrNO. The predicted molar refractivity (Wildman–Crippen MR) is 61.5 cm³/mol. The summed E-state index contributed by atoms with van der Waals surface area (Å²) in [5, 5.41) is 3.02. The van der Waals surface area contributed by atoms with Crippen molar-refractivity contribution < 1.29 is 4.79 Å². The van der Waals surface area contributed by atoms with E-state index in [1.807, 2.05) is 0 Å². The number of hydrogen-bond acceptors (Lipinski definition) is 1. The van der Waals surface area contributed by atoms with Crippen LogP contribution in [0.15, 0.2) is 28.7 Å². The molecule has 1 N–H and O–H groups in total. The molecule has 0 radical (unpaired) electrons. The molecule has 0 aromatic heterocycles. The van der Waals surface area contributed by atoms with Crippen molar-refractivity contribution in [3.63, 3.8) is 0 Å². The van der Waals surface area contributed by atoms with Crippen LogP contribution in [0.4, 0.5) is 0 Å². The van der Waals surface area contributed by atoms with Gasteiger partial charge < -0.3 is 5.32 Å². The molecule has 1 aliphatic heterocycles. The molecule has 15 heavy (non-hydrogen) atoms. The van der Waals surface area contributed by atoms with Gasteiger partial charge in [0, 0.05) is 16.4 Å². The maximum absolute atomic E-state index is 11.6. The Kier molecular flexibility index (Phi) is 2.09. The lowest BCUT2D eigenvalue weighted by Crippen LogP contribution is -2.34. The Bertz CT molecular complexity index is 401.